The van der Waals surface area contributed by atoms with Crippen LogP contribution in [-0.2, 0) is 44.7 Å². The molecule has 308 valence electrons. The molecule has 0 spiro atoms. The van der Waals surface area contributed by atoms with Gasteiger partial charge < -0.3 is 56.8 Å². The summed E-state index contributed by atoms with van der Waals surface area (Å²) in [4.78, 5) is 0. The zero-order valence-corrected chi connectivity index (χ0v) is 32.9. The fourth-order valence-electron chi connectivity index (χ4n) is 10.7. The van der Waals surface area contributed by atoms with Gasteiger partial charge in [-0.2, -0.15) is 0 Å². The molecule has 0 N–H and O–H groups in total. The number of ether oxygens (including phenoxy) is 12. The average Bonchev–Trinajstić information content (AvgIpc) is 4.02. The van der Waals surface area contributed by atoms with Crippen molar-refractivity contribution in [2.45, 2.75) is 91.4 Å². The topological polar surface area (TPSA) is 131 Å². The van der Waals surface area contributed by atoms with E-state index in [1.165, 1.54) is 16.7 Å². The normalized spacial score (nSPS) is 36.5. The molecule has 10 fully saturated rings. The molecule has 6 aliphatic heterocycles. The summed E-state index contributed by atoms with van der Waals surface area (Å²) in [5.41, 5.74) is 3.58. The highest BCUT2D eigenvalue weighted by Gasteiger charge is 2.64. The predicted octanol–water partition coefficient (Wildman–Crippen LogP) is 5.46. The average molecular weight is 797 g/mol. The summed E-state index contributed by atoms with van der Waals surface area (Å²) in [7, 11) is 0. The summed E-state index contributed by atoms with van der Waals surface area (Å²) in [6.07, 6.45) is 7.26. The lowest BCUT2D eigenvalue weighted by molar-refractivity contribution is -0.0496. The van der Waals surface area contributed by atoms with Gasteiger partial charge in [-0.25, -0.2) is 0 Å². The van der Waals surface area contributed by atoms with E-state index in [1.54, 1.807) is 0 Å². The molecule has 3 aromatic rings. The number of hydrogen-bond acceptors (Lipinski definition) is 12. The van der Waals surface area contributed by atoms with E-state index < -0.39 is 0 Å². The lowest BCUT2D eigenvalue weighted by Crippen LogP contribution is -2.62. The highest BCUT2D eigenvalue weighted by molar-refractivity contribution is 5.53. The van der Waals surface area contributed by atoms with Crippen LogP contribution in [0.15, 0.2) is 54.6 Å². The van der Waals surface area contributed by atoms with Crippen LogP contribution in [0.3, 0.4) is 0 Å². The van der Waals surface area contributed by atoms with Crippen molar-refractivity contribution < 1.29 is 56.8 Å². The molecule has 0 aromatic heterocycles. The maximum absolute atomic E-state index is 6.50. The zero-order chi connectivity index (χ0) is 38.3. The minimum Gasteiger partial charge on any atom is -0.487 e. The minimum atomic E-state index is -0.117. The van der Waals surface area contributed by atoms with Gasteiger partial charge in [-0.3, -0.25) is 0 Å². The molecule has 6 saturated heterocycles. The number of rotatable bonds is 21. The first-order valence-corrected chi connectivity index (χ1v) is 21.4. The van der Waals surface area contributed by atoms with Crippen LogP contribution in [0, 0.1) is 5.92 Å². The van der Waals surface area contributed by atoms with Crippen molar-refractivity contribution in [3.05, 3.63) is 71.3 Å². The van der Waals surface area contributed by atoms with Crippen molar-refractivity contribution in [1.29, 1.82) is 0 Å². The molecule has 3 aromatic carbocycles. The molecule has 0 radical (unpaired) electrons. The van der Waals surface area contributed by atoms with Crippen LogP contribution in [-0.4, -0.2) is 116 Å². The van der Waals surface area contributed by atoms with Gasteiger partial charge in [0.2, 0.25) is 0 Å². The summed E-state index contributed by atoms with van der Waals surface area (Å²) < 4.78 is 71.5. The van der Waals surface area contributed by atoms with Crippen LogP contribution >= 0.6 is 0 Å². The second-order valence-corrected chi connectivity index (χ2v) is 18.4. The van der Waals surface area contributed by atoms with Crippen molar-refractivity contribution in [3.63, 3.8) is 0 Å². The first kappa shape index (κ1) is 36.1. The Labute approximate surface area is 338 Å². The highest BCUT2D eigenvalue weighted by Crippen LogP contribution is 2.71. The van der Waals surface area contributed by atoms with Crippen LogP contribution < -0.4 is 28.4 Å². The summed E-state index contributed by atoms with van der Waals surface area (Å²) in [5.74, 6) is 5.13. The Balaban J connectivity index is 0.938. The second-order valence-electron chi connectivity index (χ2n) is 18.4. The Morgan fingerprint density at radius 2 is 0.603 bits per heavy atom. The maximum Gasteiger partial charge on any atom is 0.161 e. The first-order valence-electron chi connectivity index (χ1n) is 21.4. The van der Waals surface area contributed by atoms with E-state index in [0.717, 1.165) is 113 Å². The van der Waals surface area contributed by atoms with Gasteiger partial charge in [0.25, 0.3) is 0 Å². The molecule has 13 rings (SSSR count). The van der Waals surface area contributed by atoms with Gasteiger partial charge in [0, 0.05) is 0 Å². The first-order chi connectivity index (χ1) is 28.5. The van der Waals surface area contributed by atoms with E-state index in [9.17, 15) is 0 Å². The Morgan fingerprint density at radius 1 is 0.362 bits per heavy atom. The third-order valence-corrected chi connectivity index (χ3v) is 13.7. The van der Waals surface area contributed by atoms with E-state index in [0.29, 0.717) is 45.6 Å². The number of hydrogen-bond donors (Lipinski definition) is 0. The molecule has 12 heteroatoms. The van der Waals surface area contributed by atoms with Crippen LogP contribution in [0.25, 0.3) is 0 Å². The second kappa shape index (κ2) is 14.2. The molecule has 10 aliphatic rings. The van der Waals surface area contributed by atoms with Crippen LogP contribution in [0.2, 0.25) is 0 Å². The van der Waals surface area contributed by atoms with Crippen molar-refractivity contribution in [2.24, 2.45) is 5.92 Å². The van der Waals surface area contributed by atoms with Crippen LogP contribution in [0.4, 0.5) is 0 Å². The van der Waals surface area contributed by atoms with E-state index in [2.05, 4.69) is 54.6 Å². The monoisotopic (exact) mass is 796 g/mol. The minimum absolute atomic E-state index is 0.117. The lowest BCUT2D eigenvalue weighted by atomic mass is 9.36. The molecular weight excluding hydrogens is 744 g/mol. The smallest absolute Gasteiger partial charge is 0.161 e. The van der Waals surface area contributed by atoms with Crippen molar-refractivity contribution in [2.75, 3.05) is 79.3 Å². The van der Waals surface area contributed by atoms with Gasteiger partial charge >= 0.3 is 0 Å². The molecule has 0 amide bonds. The maximum atomic E-state index is 6.50. The summed E-state index contributed by atoms with van der Waals surface area (Å²) >= 11 is 0. The molecular formula is C46H52O12. The lowest BCUT2D eigenvalue weighted by Gasteiger charge is -2.67. The quantitative estimate of drug-likeness (QED) is 0.127. The van der Waals surface area contributed by atoms with Crippen molar-refractivity contribution in [3.8, 4) is 34.5 Å². The van der Waals surface area contributed by atoms with Gasteiger partial charge in [0.15, 0.2) is 34.5 Å². The molecule has 6 heterocycles. The Bertz CT molecular complexity index is 1780. The molecule has 4 aliphatic carbocycles. The Kier molecular flexibility index (Phi) is 8.82. The standard InChI is InChI=1S/C46H52O12/c1-4-38(53-19-32-13-47-32)41(56-22-35-16-50-35)7-29(1)44-10-28-11-45(25-44,30-2-5-39(54-20-33-14-48-33)42(8-30)57-23-36-17-51-36)27-46(12-28,26-44)31-3-6-40(55-21-34-15-49-34)43(9-31)58-24-37-18-52-37/h1-9,28,32-37H,10-27H2. The van der Waals surface area contributed by atoms with E-state index in [-0.39, 0.29) is 52.9 Å². The molecule has 6 unspecified atom stereocenters. The van der Waals surface area contributed by atoms with E-state index in [1.807, 2.05) is 0 Å². The van der Waals surface area contributed by atoms with Gasteiger partial charge in [-0.15, -0.1) is 0 Å². The van der Waals surface area contributed by atoms with Gasteiger partial charge in [-0.05, 0) is 114 Å². The summed E-state index contributed by atoms with van der Waals surface area (Å²) in [6.45, 7) is 7.51. The summed E-state index contributed by atoms with van der Waals surface area (Å²) in [6, 6.07) is 20.1. The van der Waals surface area contributed by atoms with Gasteiger partial charge in [0.1, 0.15) is 76.3 Å². The highest BCUT2D eigenvalue weighted by atomic mass is 16.6. The molecule has 4 bridgehead atoms. The molecule has 6 atom stereocenters. The van der Waals surface area contributed by atoms with Crippen LogP contribution in [0.5, 0.6) is 34.5 Å². The number of benzene rings is 3. The fourth-order valence-corrected chi connectivity index (χ4v) is 10.7. The van der Waals surface area contributed by atoms with Crippen molar-refractivity contribution in [1.82, 2.24) is 0 Å². The largest absolute Gasteiger partial charge is 0.487 e. The Morgan fingerprint density at radius 3 is 0.845 bits per heavy atom. The molecule has 12 nitrogen and oxygen atoms in total. The molecule has 4 saturated carbocycles. The SMILES string of the molecule is c1cc(OCC2CO2)c(OCC2CO2)cc1C12CC3CC(c4ccc(OCC5CO5)c(OCC5CO5)c4)(C1)CC(c1ccc(OCC4CO4)c(OCC4CO4)c1)(C3)C2. The molecule has 58 heavy (non-hydrogen) atoms. The third kappa shape index (κ3) is 7.60. The number of epoxide rings is 6. The van der Waals surface area contributed by atoms with Gasteiger partial charge in [-0.1, -0.05) is 18.2 Å². The summed E-state index contributed by atoms with van der Waals surface area (Å²) in [5, 5.41) is 0. The zero-order valence-electron chi connectivity index (χ0n) is 32.9. The van der Waals surface area contributed by atoms with E-state index in [4.69, 9.17) is 56.8 Å². The van der Waals surface area contributed by atoms with Crippen molar-refractivity contribution >= 4 is 0 Å². The van der Waals surface area contributed by atoms with Gasteiger partial charge in [0.05, 0.1) is 39.6 Å². The fraction of sp³-hybridized carbons (Fsp3) is 0.609. The van der Waals surface area contributed by atoms with Crippen LogP contribution in [0.1, 0.15) is 55.2 Å². The van der Waals surface area contributed by atoms with E-state index >= 15 is 0 Å². The predicted molar refractivity (Wildman–Crippen MR) is 207 cm³/mol. The third-order valence-electron chi connectivity index (χ3n) is 13.7. The Hall–Kier alpha value is -3.78.